The number of halogens is 2. The Labute approximate surface area is 179 Å². The number of hydrogen-bond donors (Lipinski definition) is 1. The summed E-state index contributed by atoms with van der Waals surface area (Å²) in [4.78, 5) is 12.5. The van der Waals surface area contributed by atoms with Gasteiger partial charge in [-0.25, -0.2) is 13.8 Å². The summed E-state index contributed by atoms with van der Waals surface area (Å²) in [6.07, 6.45) is 0. The van der Waals surface area contributed by atoms with Gasteiger partial charge in [0.25, 0.3) is 5.91 Å². The number of carbonyl (C=O) groups excluding carboxylic acids is 1. The molecule has 2 aromatic rings. The standard InChI is InChI=1S/C19H19Cl2N3O4S/c1-13(17-12-15(20)5-6-18(17)21)22-23-19(25)14-3-2-4-16(11-14)29(26,27)24-7-9-28-10-8-24/h2-6,11-12H,7-10H2,1H3,(H,23,25)/b22-13-. The minimum absolute atomic E-state index is 0.0469. The van der Waals surface area contributed by atoms with Crippen molar-refractivity contribution in [3.63, 3.8) is 0 Å². The highest BCUT2D eigenvalue weighted by molar-refractivity contribution is 7.89. The molecule has 1 heterocycles. The van der Waals surface area contributed by atoms with Gasteiger partial charge in [-0.2, -0.15) is 9.41 Å². The second-order valence-electron chi connectivity index (χ2n) is 6.31. The van der Waals surface area contributed by atoms with E-state index < -0.39 is 15.9 Å². The molecule has 0 saturated carbocycles. The zero-order valence-electron chi connectivity index (χ0n) is 15.6. The maximum atomic E-state index is 12.8. The third kappa shape index (κ3) is 5.15. The number of rotatable bonds is 5. The number of nitrogens with zero attached hydrogens (tertiary/aromatic N) is 2. The summed E-state index contributed by atoms with van der Waals surface area (Å²) in [6.45, 7) is 2.93. The molecule has 0 bridgehead atoms. The molecule has 1 aliphatic heterocycles. The summed E-state index contributed by atoms with van der Waals surface area (Å²) in [6, 6.07) is 10.8. The van der Waals surface area contributed by atoms with Crippen molar-refractivity contribution in [3.8, 4) is 0 Å². The highest BCUT2D eigenvalue weighted by atomic mass is 35.5. The van der Waals surface area contributed by atoms with E-state index in [1.807, 2.05) is 0 Å². The number of nitrogens with one attached hydrogen (secondary N) is 1. The quantitative estimate of drug-likeness (QED) is 0.553. The lowest BCUT2D eigenvalue weighted by Gasteiger charge is -2.26. The van der Waals surface area contributed by atoms with Crippen molar-refractivity contribution in [2.75, 3.05) is 26.3 Å². The lowest BCUT2D eigenvalue weighted by atomic mass is 10.1. The molecule has 0 atom stereocenters. The lowest BCUT2D eigenvalue weighted by Crippen LogP contribution is -2.40. The fraction of sp³-hybridized carbons (Fsp3) is 0.263. The number of benzene rings is 2. The molecule has 1 N–H and O–H groups in total. The molecule has 7 nitrogen and oxygen atoms in total. The predicted molar refractivity (Wildman–Crippen MR) is 112 cm³/mol. The fourth-order valence-electron chi connectivity index (χ4n) is 2.77. The van der Waals surface area contributed by atoms with Gasteiger partial charge in [-0.3, -0.25) is 4.79 Å². The number of morpholine rings is 1. The van der Waals surface area contributed by atoms with Crippen LogP contribution in [0.2, 0.25) is 10.0 Å². The Balaban J connectivity index is 1.78. The number of sulfonamides is 1. The van der Waals surface area contributed by atoms with Crippen LogP contribution in [0.25, 0.3) is 0 Å². The lowest BCUT2D eigenvalue weighted by molar-refractivity contribution is 0.0730. The first-order valence-corrected chi connectivity index (χ1v) is 11.0. The van der Waals surface area contributed by atoms with Crippen LogP contribution in [0, 0.1) is 0 Å². The molecule has 0 spiro atoms. The van der Waals surface area contributed by atoms with E-state index in [0.29, 0.717) is 34.5 Å². The first-order chi connectivity index (χ1) is 13.8. The van der Waals surface area contributed by atoms with Gasteiger partial charge < -0.3 is 4.74 Å². The Morgan fingerprint density at radius 3 is 2.59 bits per heavy atom. The zero-order valence-corrected chi connectivity index (χ0v) is 17.9. The molecule has 0 unspecified atom stereocenters. The Hall–Kier alpha value is -1.97. The molecule has 1 fully saturated rings. The van der Waals surface area contributed by atoms with Crippen molar-refractivity contribution in [3.05, 3.63) is 63.6 Å². The van der Waals surface area contributed by atoms with E-state index in [0.717, 1.165) is 0 Å². The Bertz CT molecular complexity index is 1050. The van der Waals surface area contributed by atoms with Crippen molar-refractivity contribution in [1.29, 1.82) is 0 Å². The molecule has 154 valence electrons. The Kier molecular flexibility index (Phi) is 6.92. The van der Waals surface area contributed by atoms with Crippen LogP contribution in [0.3, 0.4) is 0 Å². The molecule has 0 aromatic heterocycles. The molecular formula is C19H19Cl2N3O4S. The van der Waals surface area contributed by atoms with Crippen LogP contribution in [0.5, 0.6) is 0 Å². The van der Waals surface area contributed by atoms with E-state index >= 15 is 0 Å². The van der Waals surface area contributed by atoms with Gasteiger partial charge in [0, 0.05) is 34.3 Å². The minimum Gasteiger partial charge on any atom is -0.379 e. The molecule has 10 heteroatoms. The monoisotopic (exact) mass is 455 g/mol. The van der Waals surface area contributed by atoms with Crippen LogP contribution in [-0.2, 0) is 14.8 Å². The topological polar surface area (TPSA) is 88.1 Å². The van der Waals surface area contributed by atoms with E-state index in [4.69, 9.17) is 27.9 Å². The van der Waals surface area contributed by atoms with Crippen molar-refractivity contribution in [2.24, 2.45) is 5.10 Å². The van der Waals surface area contributed by atoms with Gasteiger partial charge in [0.05, 0.1) is 23.8 Å². The maximum Gasteiger partial charge on any atom is 0.271 e. The molecule has 2 aromatic carbocycles. The minimum atomic E-state index is -3.70. The van der Waals surface area contributed by atoms with Crippen LogP contribution in [0.1, 0.15) is 22.8 Å². The average molecular weight is 456 g/mol. The van der Waals surface area contributed by atoms with Crippen LogP contribution >= 0.6 is 23.2 Å². The van der Waals surface area contributed by atoms with E-state index in [9.17, 15) is 13.2 Å². The van der Waals surface area contributed by atoms with Crippen molar-refractivity contribution < 1.29 is 17.9 Å². The smallest absolute Gasteiger partial charge is 0.271 e. The third-order valence-corrected chi connectivity index (χ3v) is 6.81. The largest absolute Gasteiger partial charge is 0.379 e. The summed E-state index contributed by atoms with van der Waals surface area (Å²) in [7, 11) is -3.70. The van der Waals surface area contributed by atoms with Crippen molar-refractivity contribution >= 4 is 44.8 Å². The Morgan fingerprint density at radius 1 is 1.14 bits per heavy atom. The highest BCUT2D eigenvalue weighted by Gasteiger charge is 2.26. The Morgan fingerprint density at radius 2 is 1.86 bits per heavy atom. The third-order valence-electron chi connectivity index (χ3n) is 4.35. The normalized spacial score (nSPS) is 15.9. The molecule has 0 radical (unpaired) electrons. The van der Waals surface area contributed by atoms with E-state index in [1.54, 1.807) is 25.1 Å². The van der Waals surface area contributed by atoms with Gasteiger partial charge in [-0.1, -0.05) is 29.3 Å². The molecule has 1 amide bonds. The molecule has 3 rings (SSSR count). The summed E-state index contributed by atoms with van der Waals surface area (Å²) in [5.74, 6) is -0.540. The first-order valence-electron chi connectivity index (χ1n) is 8.77. The molecule has 29 heavy (non-hydrogen) atoms. The number of ether oxygens (including phenoxy) is 1. The van der Waals surface area contributed by atoms with E-state index in [-0.39, 0.29) is 23.5 Å². The van der Waals surface area contributed by atoms with Crippen LogP contribution in [0.4, 0.5) is 0 Å². The number of hydrazone groups is 1. The predicted octanol–water partition coefficient (Wildman–Crippen LogP) is 3.17. The van der Waals surface area contributed by atoms with E-state index in [2.05, 4.69) is 10.5 Å². The van der Waals surface area contributed by atoms with Gasteiger partial charge in [-0.05, 0) is 43.3 Å². The summed E-state index contributed by atoms with van der Waals surface area (Å²) >= 11 is 12.1. The molecule has 1 saturated heterocycles. The summed E-state index contributed by atoms with van der Waals surface area (Å²) < 4.78 is 32.1. The number of carbonyl (C=O) groups is 1. The van der Waals surface area contributed by atoms with Crippen LogP contribution < -0.4 is 5.43 Å². The summed E-state index contributed by atoms with van der Waals surface area (Å²) in [5.41, 5.74) is 3.64. The van der Waals surface area contributed by atoms with E-state index in [1.165, 1.54) is 28.6 Å². The van der Waals surface area contributed by atoms with Gasteiger partial charge in [0.2, 0.25) is 10.0 Å². The van der Waals surface area contributed by atoms with Crippen LogP contribution in [0.15, 0.2) is 52.5 Å². The van der Waals surface area contributed by atoms with Crippen molar-refractivity contribution in [2.45, 2.75) is 11.8 Å². The summed E-state index contributed by atoms with van der Waals surface area (Å²) in [5, 5.41) is 4.99. The average Bonchev–Trinajstić information content (AvgIpc) is 2.74. The zero-order chi connectivity index (χ0) is 21.0. The van der Waals surface area contributed by atoms with Gasteiger partial charge in [0.1, 0.15) is 0 Å². The first kappa shape index (κ1) is 21.7. The second-order valence-corrected chi connectivity index (χ2v) is 9.09. The fourth-order valence-corrected chi connectivity index (χ4v) is 4.65. The molecule has 0 aliphatic carbocycles. The number of amides is 1. The molecular weight excluding hydrogens is 437 g/mol. The van der Waals surface area contributed by atoms with Crippen LogP contribution in [-0.4, -0.2) is 50.6 Å². The van der Waals surface area contributed by atoms with Gasteiger partial charge in [0.15, 0.2) is 0 Å². The van der Waals surface area contributed by atoms with Gasteiger partial charge >= 0.3 is 0 Å². The number of hydrogen-bond acceptors (Lipinski definition) is 5. The van der Waals surface area contributed by atoms with Gasteiger partial charge in [-0.15, -0.1) is 0 Å². The highest BCUT2D eigenvalue weighted by Crippen LogP contribution is 2.21. The molecule has 1 aliphatic rings. The van der Waals surface area contributed by atoms with Crippen molar-refractivity contribution in [1.82, 2.24) is 9.73 Å². The second kappa shape index (κ2) is 9.23. The maximum absolute atomic E-state index is 12.8. The SMILES string of the molecule is C/C(=N/NC(=O)c1cccc(S(=O)(=O)N2CCOCC2)c1)c1cc(Cl)ccc1Cl.